The molecular formula is C17H24N2OS. The summed E-state index contributed by atoms with van der Waals surface area (Å²) < 4.78 is 5.46. The minimum absolute atomic E-state index is 0.424. The molecule has 1 heterocycles. The van der Waals surface area contributed by atoms with E-state index in [1.165, 1.54) is 10.4 Å². The van der Waals surface area contributed by atoms with Gasteiger partial charge >= 0.3 is 0 Å². The van der Waals surface area contributed by atoms with Crippen LogP contribution in [0.15, 0.2) is 41.8 Å². The van der Waals surface area contributed by atoms with Gasteiger partial charge in [0.15, 0.2) is 0 Å². The lowest BCUT2D eigenvalue weighted by Gasteiger charge is -2.23. The van der Waals surface area contributed by atoms with Crippen LogP contribution in [0.2, 0.25) is 0 Å². The highest BCUT2D eigenvalue weighted by molar-refractivity contribution is 7.10. The summed E-state index contributed by atoms with van der Waals surface area (Å²) in [7, 11) is 4.26. The predicted octanol–water partition coefficient (Wildman–Crippen LogP) is 3.54. The number of hydrogen-bond acceptors (Lipinski definition) is 4. The molecule has 2 aromatic rings. The topological polar surface area (TPSA) is 24.5 Å². The van der Waals surface area contributed by atoms with Crippen molar-refractivity contribution in [1.29, 1.82) is 0 Å². The Hall–Kier alpha value is -1.36. The van der Waals surface area contributed by atoms with E-state index in [9.17, 15) is 0 Å². The molecule has 0 aliphatic carbocycles. The van der Waals surface area contributed by atoms with Crippen LogP contribution in [0.4, 0.5) is 0 Å². The van der Waals surface area contributed by atoms with Gasteiger partial charge < -0.3 is 15.0 Å². The largest absolute Gasteiger partial charge is 0.494 e. The number of ether oxygens (including phenoxy) is 1. The zero-order valence-corrected chi connectivity index (χ0v) is 13.8. The molecule has 0 saturated heterocycles. The predicted molar refractivity (Wildman–Crippen MR) is 90.1 cm³/mol. The molecular weight excluding hydrogens is 280 g/mol. The second-order valence-electron chi connectivity index (χ2n) is 5.20. The van der Waals surface area contributed by atoms with Gasteiger partial charge in [-0.2, -0.15) is 0 Å². The average molecular weight is 304 g/mol. The maximum atomic E-state index is 5.46. The van der Waals surface area contributed by atoms with Crippen molar-refractivity contribution in [2.75, 3.05) is 27.2 Å². The van der Waals surface area contributed by atoms with E-state index in [4.69, 9.17) is 4.74 Å². The van der Waals surface area contributed by atoms with Crippen LogP contribution < -0.4 is 10.1 Å². The number of likely N-dealkylation sites (N-methyl/N-ethyl adjacent to an activating group) is 1. The van der Waals surface area contributed by atoms with Crippen LogP contribution in [0, 0.1) is 0 Å². The summed E-state index contributed by atoms with van der Waals surface area (Å²) in [6, 6.07) is 13.0. The first-order valence-electron chi connectivity index (χ1n) is 7.33. The van der Waals surface area contributed by atoms with Gasteiger partial charge in [0.25, 0.3) is 0 Å². The molecule has 0 aliphatic rings. The van der Waals surface area contributed by atoms with E-state index < -0.39 is 0 Å². The Morgan fingerprint density at radius 1 is 1.19 bits per heavy atom. The molecule has 1 atom stereocenters. The van der Waals surface area contributed by atoms with Crippen molar-refractivity contribution >= 4 is 11.3 Å². The Labute approximate surface area is 131 Å². The lowest BCUT2D eigenvalue weighted by molar-refractivity contribution is 0.292. The van der Waals surface area contributed by atoms with E-state index in [0.717, 1.165) is 18.8 Å². The normalized spacial score (nSPS) is 12.6. The average Bonchev–Trinajstić information content (AvgIpc) is 2.99. The van der Waals surface area contributed by atoms with E-state index in [1.807, 2.05) is 30.4 Å². The van der Waals surface area contributed by atoms with Crippen LogP contribution in [0.1, 0.15) is 23.4 Å². The minimum atomic E-state index is 0.424. The van der Waals surface area contributed by atoms with Crippen molar-refractivity contribution in [3.8, 4) is 5.75 Å². The number of nitrogens with zero attached hydrogens (tertiary/aromatic N) is 1. The summed E-state index contributed by atoms with van der Waals surface area (Å²) in [6.45, 7) is 4.53. The van der Waals surface area contributed by atoms with Crippen molar-refractivity contribution in [2.45, 2.75) is 19.5 Å². The zero-order chi connectivity index (χ0) is 15.1. The third kappa shape index (κ3) is 4.84. The summed E-state index contributed by atoms with van der Waals surface area (Å²) in [4.78, 5) is 3.66. The third-order valence-corrected chi connectivity index (χ3v) is 4.37. The highest BCUT2D eigenvalue weighted by atomic mass is 32.1. The molecule has 1 aromatic carbocycles. The lowest BCUT2D eigenvalue weighted by Crippen LogP contribution is -2.30. The molecule has 0 aliphatic heterocycles. The Morgan fingerprint density at radius 3 is 2.52 bits per heavy atom. The maximum Gasteiger partial charge on any atom is 0.119 e. The summed E-state index contributed by atoms with van der Waals surface area (Å²) in [5.74, 6) is 0.936. The molecule has 0 bridgehead atoms. The quantitative estimate of drug-likeness (QED) is 0.807. The van der Waals surface area contributed by atoms with Crippen LogP contribution in [-0.2, 0) is 6.54 Å². The summed E-state index contributed by atoms with van der Waals surface area (Å²) >= 11 is 1.81. The molecule has 3 nitrogen and oxygen atoms in total. The fourth-order valence-electron chi connectivity index (χ4n) is 2.24. The van der Waals surface area contributed by atoms with Gasteiger partial charge in [-0.05, 0) is 50.2 Å². The van der Waals surface area contributed by atoms with Gasteiger partial charge in [-0.25, -0.2) is 0 Å². The molecule has 0 spiro atoms. The van der Waals surface area contributed by atoms with E-state index in [1.54, 1.807) is 0 Å². The highest BCUT2D eigenvalue weighted by Crippen LogP contribution is 2.22. The smallest absolute Gasteiger partial charge is 0.119 e. The highest BCUT2D eigenvalue weighted by Gasteiger charge is 2.14. The first-order valence-corrected chi connectivity index (χ1v) is 8.21. The second-order valence-corrected chi connectivity index (χ2v) is 6.18. The number of thiophene rings is 1. The van der Waals surface area contributed by atoms with Crippen molar-refractivity contribution in [1.82, 2.24) is 10.2 Å². The summed E-state index contributed by atoms with van der Waals surface area (Å²) in [5.41, 5.74) is 1.28. The third-order valence-electron chi connectivity index (χ3n) is 3.40. The fourth-order valence-corrected chi connectivity index (χ4v) is 3.16. The van der Waals surface area contributed by atoms with Gasteiger partial charge in [-0.1, -0.05) is 18.2 Å². The fraction of sp³-hybridized carbons (Fsp3) is 0.412. The molecule has 0 amide bonds. The molecule has 0 radical (unpaired) electrons. The van der Waals surface area contributed by atoms with Crippen molar-refractivity contribution in [2.24, 2.45) is 0 Å². The molecule has 0 saturated carbocycles. The number of rotatable bonds is 8. The summed E-state index contributed by atoms with van der Waals surface area (Å²) in [5, 5.41) is 5.68. The first-order chi connectivity index (χ1) is 10.2. The number of nitrogens with one attached hydrogen (secondary N) is 1. The van der Waals surface area contributed by atoms with Crippen LogP contribution >= 0.6 is 11.3 Å². The van der Waals surface area contributed by atoms with Crippen molar-refractivity contribution in [3.63, 3.8) is 0 Å². The van der Waals surface area contributed by atoms with E-state index in [0.29, 0.717) is 12.6 Å². The molecule has 0 fully saturated rings. The molecule has 21 heavy (non-hydrogen) atoms. The van der Waals surface area contributed by atoms with Gasteiger partial charge in [-0.15, -0.1) is 11.3 Å². The van der Waals surface area contributed by atoms with E-state index >= 15 is 0 Å². The number of hydrogen-bond donors (Lipinski definition) is 1. The van der Waals surface area contributed by atoms with Crippen LogP contribution in [0.5, 0.6) is 5.75 Å². The van der Waals surface area contributed by atoms with Gasteiger partial charge in [0.05, 0.1) is 12.6 Å². The lowest BCUT2D eigenvalue weighted by atomic mass is 10.2. The molecule has 1 aromatic heterocycles. The van der Waals surface area contributed by atoms with Crippen LogP contribution in [0.25, 0.3) is 0 Å². The number of benzene rings is 1. The Balaban J connectivity index is 1.84. The van der Waals surface area contributed by atoms with Crippen molar-refractivity contribution < 1.29 is 4.74 Å². The summed E-state index contributed by atoms with van der Waals surface area (Å²) in [6.07, 6.45) is 0. The molecule has 2 rings (SSSR count). The standard InChI is InChI=1S/C17H24N2OS/c1-4-20-15-9-7-14(8-10-15)12-18-13-16(19(2)3)17-6-5-11-21-17/h5-11,16,18H,4,12-13H2,1-3H3. The Bertz CT molecular complexity index is 508. The first kappa shape index (κ1) is 16.0. The van der Waals surface area contributed by atoms with Crippen molar-refractivity contribution in [3.05, 3.63) is 52.2 Å². The second kappa shape index (κ2) is 8.17. The van der Waals surface area contributed by atoms with E-state index in [-0.39, 0.29) is 0 Å². The van der Waals surface area contributed by atoms with Gasteiger partial charge in [0, 0.05) is 18.0 Å². The minimum Gasteiger partial charge on any atom is -0.494 e. The Morgan fingerprint density at radius 2 is 1.95 bits per heavy atom. The SMILES string of the molecule is CCOc1ccc(CNCC(c2cccs2)N(C)C)cc1. The van der Waals surface area contributed by atoms with Gasteiger partial charge in [0.1, 0.15) is 5.75 Å². The molecule has 1 unspecified atom stereocenters. The molecule has 4 heteroatoms. The van der Waals surface area contributed by atoms with Gasteiger partial charge in [0.2, 0.25) is 0 Å². The molecule has 114 valence electrons. The zero-order valence-electron chi connectivity index (χ0n) is 13.0. The Kier molecular flexibility index (Phi) is 6.23. The van der Waals surface area contributed by atoms with Crippen LogP contribution in [0.3, 0.4) is 0 Å². The maximum absolute atomic E-state index is 5.46. The van der Waals surface area contributed by atoms with Gasteiger partial charge in [-0.3, -0.25) is 0 Å². The van der Waals surface area contributed by atoms with E-state index in [2.05, 4.69) is 54.0 Å². The molecule has 1 N–H and O–H groups in total. The van der Waals surface area contributed by atoms with Crippen LogP contribution in [-0.4, -0.2) is 32.1 Å². The monoisotopic (exact) mass is 304 g/mol.